The van der Waals surface area contributed by atoms with Crippen molar-refractivity contribution in [2.45, 2.75) is 0 Å². The summed E-state index contributed by atoms with van der Waals surface area (Å²) in [6.45, 7) is 0. The molecule has 0 unspecified atom stereocenters. The number of halogens is 1. The standard InChI is InChI=1S/C9H9FN4/c10-7-8(11)14(9(12)13-7)6-4-2-1-3-5-6/h1-5H,11H2,(H2,12,13). The molecule has 0 amide bonds. The van der Waals surface area contributed by atoms with Gasteiger partial charge in [-0.1, -0.05) is 18.2 Å². The third-order valence-electron chi connectivity index (χ3n) is 1.91. The summed E-state index contributed by atoms with van der Waals surface area (Å²) in [5, 5.41) is 0. The van der Waals surface area contributed by atoms with Gasteiger partial charge in [0.05, 0.1) is 5.69 Å². The van der Waals surface area contributed by atoms with E-state index in [0.29, 0.717) is 5.69 Å². The van der Waals surface area contributed by atoms with Crippen molar-refractivity contribution in [2.75, 3.05) is 11.5 Å². The fourth-order valence-corrected chi connectivity index (χ4v) is 1.27. The summed E-state index contributed by atoms with van der Waals surface area (Å²) in [5.74, 6) is -0.772. The molecule has 2 rings (SSSR count). The number of nitrogens with two attached hydrogens (primary N) is 2. The van der Waals surface area contributed by atoms with E-state index in [0.717, 1.165) is 0 Å². The molecule has 0 radical (unpaired) electrons. The van der Waals surface area contributed by atoms with Crippen molar-refractivity contribution in [3.63, 3.8) is 0 Å². The van der Waals surface area contributed by atoms with Gasteiger partial charge in [0.25, 0.3) is 5.95 Å². The Balaban J connectivity index is 2.62. The minimum Gasteiger partial charge on any atom is -0.381 e. The van der Waals surface area contributed by atoms with E-state index in [1.165, 1.54) is 4.57 Å². The van der Waals surface area contributed by atoms with Crippen LogP contribution in [0, 0.1) is 5.95 Å². The number of nitrogens with zero attached hydrogens (tertiary/aromatic N) is 2. The largest absolute Gasteiger partial charge is 0.381 e. The molecule has 0 fully saturated rings. The molecule has 0 spiro atoms. The van der Waals surface area contributed by atoms with Crippen molar-refractivity contribution >= 4 is 11.8 Å². The monoisotopic (exact) mass is 192 g/mol. The highest BCUT2D eigenvalue weighted by Gasteiger charge is 2.12. The lowest BCUT2D eigenvalue weighted by molar-refractivity contribution is 0.596. The molecule has 1 aromatic carbocycles. The molecule has 0 aliphatic carbocycles. The fraction of sp³-hybridized carbons (Fsp3) is 0. The first kappa shape index (κ1) is 8.55. The minimum absolute atomic E-state index is 0.0474. The van der Waals surface area contributed by atoms with Gasteiger partial charge in [-0.05, 0) is 12.1 Å². The highest BCUT2D eigenvalue weighted by Crippen LogP contribution is 2.20. The molecule has 0 saturated heterocycles. The van der Waals surface area contributed by atoms with Gasteiger partial charge >= 0.3 is 0 Å². The van der Waals surface area contributed by atoms with E-state index in [1.54, 1.807) is 12.1 Å². The maximum Gasteiger partial charge on any atom is 0.257 e. The van der Waals surface area contributed by atoms with Crippen molar-refractivity contribution in [1.82, 2.24) is 9.55 Å². The molecule has 0 aliphatic rings. The second-order valence-corrected chi connectivity index (χ2v) is 2.82. The Labute approximate surface area is 80.0 Å². The lowest BCUT2D eigenvalue weighted by atomic mass is 10.3. The molecular weight excluding hydrogens is 183 g/mol. The molecule has 0 atom stereocenters. The highest BCUT2D eigenvalue weighted by molar-refractivity contribution is 5.50. The number of anilines is 2. The quantitative estimate of drug-likeness (QED) is 0.712. The molecule has 1 heterocycles. The van der Waals surface area contributed by atoms with Crippen LogP contribution in [0.25, 0.3) is 5.69 Å². The van der Waals surface area contributed by atoms with Crippen LogP contribution < -0.4 is 11.5 Å². The van der Waals surface area contributed by atoms with E-state index in [-0.39, 0.29) is 11.8 Å². The fourth-order valence-electron chi connectivity index (χ4n) is 1.27. The van der Waals surface area contributed by atoms with Gasteiger partial charge in [0.1, 0.15) is 0 Å². The highest BCUT2D eigenvalue weighted by atomic mass is 19.1. The molecular formula is C9H9FN4. The number of hydrogen-bond donors (Lipinski definition) is 2. The van der Waals surface area contributed by atoms with Crippen LogP contribution in [0.15, 0.2) is 30.3 Å². The van der Waals surface area contributed by atoms with Crippen LogP contribution in [0.4, 0.5) is 16.2 Å². The predicted octanol–water partition coefficient (Wildman–Crippen LogP) is 1.18. The van der Waals surface area contributed by atoms with Crippen LogP contribution in [-0.4, -0.2) is 9.55 Å². The third kappa shape index (κ3) is 1.19. The lowest BCUT2D eigenvalue weighted by Gasteiger charge is -2.05. The molecule has 1 aromatic heterocycles. The van der Waals surface area contributed by atoms with Crippen LogP contribution >= 0.6 is 0 Å². The van der Waals surface area contributed by atoms with E-state index < -0.39 is 5.95 Å². The zero-order chi connectivity index (χ0) is 10.1. The summed E-state index contributed by atoms with van der Waals surface area (Å²) in [6.07, 6.45) is 0. The number of benzene rings is 1. The molecule has 0 saturated carbocycles. The van der Waals surface area contributed by atoms with Crippen molar-refractivity contribution in [3.8, 4) is 5.69 Å². The molecule has 5 heteroatoms. The Morgan fingerprint density at radius 2 is 1.79 bits per heavy atom. The van der Waals surface area contributed by atoms with Gasteiger partial charge in [0, 0.05) is 0 Å². The van der Waals surface area contributed by atoms with Crippen molar-refractivity contribution in [1.29, 1.82) is 0 Å². The van der Waals surface area contributed by atoms with Crippen LogP contribution in [-0.2, 0) is 0 Å². The minimum atomic E-state index is -0.744. The van der Waals surface area contributed by atoms with Gasteiger partial charge in [-0.2, -0.15) is 9.37 Å². The molecule has 0 aliphatic heterocycles. The summed E-state index contributed by atoms with van der Waals surface area (Å²) in [7, 11) is 0. The van der Waals surface area contributed by atoms with Gasteiger partial charge in [-0.15, -0.1) is 0 Å². The average molecular weight is 192 g/mol. The van der Waals surface area contributed by atoms with E-state index >= 15 is 0 Å². The van der Waals surface area contributed by atoms with Crippen LogP contribution in [0.3, 0.4) is 0 Å². The zero-order valence-corrected chi connectivity index (χ0v) is 7.31. The van der Waals surface area contributed by atoms with E-state index in [1.807, 2.05) is 18.2 Å². The first-order valence-electron chi connectivity index (χ1n) is 4.05. The topological polar surface area (TPSA) is 69.9 Å². The molecule has 2 aromatic rings. The maximum absolute atomic E-state index is 12.9. The number of para-hydroxylation sites is 1. The Morgan fingerprint density at radius 1 is 1.14 bits per heavy atom. The molecule has 4 nitrogen and oxygen atoms in total. The third-order valence-corrected chi connectivity index (χ3v) is 1.91. The molecule has 0 bridgehead atoms. The van der Waals surface area contributed by atoms with E-state index in [9.17, 15) is 4.39 Å². The van der Waals surface area contributed by atoms with Crippen molar-refractivity contribution in [3.05, 3.63) is 36.3 Å². The summed E-state index contributed by atoms with van der Waals surface area (Å²) in [6, 6.07) is 9.02. The maximum atomic E-state index is 12.9. The molecule has 14 heavy (non-hydrogen) atoms. The number of imidazole rings is 1. The van der Waals surface area contributed by atoms with Crippen molar-refractivity contribution in [2.24, 2.45) is 0 Å². The summed E-state index contributed by atoms with van der Waals surface area (Å²) < 4.78 is 14.3. The van der Waals surface area contributed by atoms with Gasteiger partial charge in [0.2, 0.25) is 5.95 Å². The second-order valence-electron chi connectivity index (χ2n) is 2.82. The van der Waals surface area contributed by atoms with Crippen LogP contribution in [0.5, 0.6) is 0 Å². The summed E-state index contributed by atoms with van der Waals surface area (Å²) in [4.78, 5) is 3.44. The number of rotatable bonds is 1. The number of hydrogen-bond acceptors (Lipinski definition) is 3. The first-order valence-corrected chi connectivity index (χ1v) is 4.05. The normalized spacial score (nSPS) is 10.4. The second kappa shape index (κ2) is 3.02. The van der Waals surface area contributed by atoms with Gasteiger partial charge < -0.3 is 11.5 Å². The Bertz CT molecular complexity index is 449. The van der Waals surface area contributed by atoms with Crippen LogP contribution in [0.1, 0.15) is 0 Å². The number of nitrogen functional groups attached to an aromatic ring is 2. The molecule has 4 N–H and O–H groups in total. The Kier molecular flexibility index (Phi) is 1.85. The number of aromatic nitrogens is 2. The molecule has 72 valence electrons. The smallest absolute Gasteiger partial charge is 0.257 e. The average Bonchev–Trinajstić information content (AvgIpc) is 2.43. The predicted molar refractivity (Wildman–Crippen MR) is 52.3 cm³/mol. The Hall–Kier alpha value is -2.04. The van der Waals surface area contributed by atoms with E-state index in [4.69, 9.17) is 11.5 Å². The summed E-state index contributed by atoms with van der Waals surface area (Å²) >= 11 is 0. The summed E-state index contributed by atoms with van der Waals surface area (Å²) in [5.41, 5.74) is 11.7. The first-order chi connectivity index (χ1) is 6.70. The van der Waals surface area contributed by atoms with Gasteiger partial charge in [-0.3, -0.25) is 4.57 Å². The van der Waals surface area contributed by atoms with Gasteiger partial charge in [0.15, 0.2) is 5.82 Å². The lowest BCUT2D eigenvalue weighted by Crippen LogP contribution is -2.04. The zero-order valence-electron chi connectivity index (χ0n) is 7.31. The SMILES string of the molecule is Nc1nc(F)c(N)n1-c1ccccc1. The van der Waals surface area contributed by atoms with Crippen LogP contribution in [0.2, 0.25) is 0 Å². The van der Waals surface area contributed by atoms with Gasteiger partial charge in [-0.25, -0.2) is 0 Å². The Morgan fingerprint density at radius 3 is 2.29 bits per heavy atom. The van der Waals surface area contributed by atoms with E-state index in [2.05, 4.69) is 4.98 Å². The van der Waals surface area contributed by atoms with Crippen molar-refractivity contribution < 1.29 is 4.39 Å².